The van der Waals surface area contributed by atoms with E-state index in [0.717, 1.165) is 28.0 Å². The molecule has 34 heavy (non-hydrogen) atoms. The van der Waals surface area contributed by atoms with Crippen LogP contribution in [0.15, 0.2) is 48.5 Å². The summed E-state index contributed by atoms with van der Waals surface area (Å²) in [6.45, 7) is 5.14. The van der Waals surface area contributed by atoms with Crippen molar-refractivity contribution in [2.75, 3.05) is 11.9 Å². The van der Waals surface area contributed by atoms with Crippen LogP contribution in [0.25, 0.3) is 11.1 Å². The van der Waals surface area contributed by atoms with E-state index in [-0.39, 0.29) is 22.7 Å². The summed E-state index contributed by atoms with van der Waals surface area (Å²) in [4.78, 5) is 37.3. The number of hydrogen-bond acceptors (Lipinski definition) is 6. The number of carboxylic acids is 1. The molecule has 174 valence electrons. The molecule has 3 aromatic rings. The highest BCUT2D eigenvalue weighted by Gasteiger charge is 2.28. The zero-order valence-electron chi connectivity index (χ0n) is 19.0. The maximum Gasteiger partial charge on any atom is 0.348 e. The SMILES string of the molecule is CCOC(=O)c1c(C)sc(C(=O)O)c1NC(=O)C(C)Cc1ccc(-c2ccccc2C#N)cc1. The molecule has 3 rings (SSSR count). The molecular formula is C26H24N2O5S. The maximum atomic E-state index is 12.9. The van der Waals surface area contributed by atoms with Crippen LogP contribution in [0.2, 0.25) is 0 Å². The van der Waals surface area contributed by atoms with Gasteiger partial charge >= 0.3 is 11.9 Å². The fraction of sp³-hybridized carbons (Fsp3) is 0.231. The Morgan fingerprint density at radius 2 is 1.82 bits per heavy atom. The van der Waals surface area contributed by atoms with E-state index in [1.807, 2.05) is 42.5 Å². The van der Waals surface area contributed by atoms with Crippen molar-refractivity contribution >= 4 is 34.9 Å². The Kier molecular flexibility index (Phi) is 7.82. The van der Waals surface area contributed by atoms with E-state index in [2.05, 4.69) is 11.4 Å². The number of nitriles is 1. The molecule has 8 heteroatoms. The first-order chi connectivity index (χ1) is 16.3. The van der Waals surface area contributed by atoms with Gasteiger partial charge in [0.15, 0.2) is 0 Å². The van der Waals surface area contributed by atoms with E-state index < -0.39 is 23.8 Å². The second-order valence-corrected chi connectivity index (χ2v) is 8.94. The predicted molar refractivity (Wildman–Crippen MR) is 130 cm³/mol. The number of nitrogens with zero attached hydrogens (tertiary/aromatic N) is 1. The zero-order chi connectivity index (χ0) is 24.8. The number of ether oxygens (including phenoxy) is 1. The van der Waals surface area contributed by atoms with Gasteiger partial charge in [0.25, 0.3) is 0 Å². The van der Waals surface area contributed by atoms with Gasteiger partial charge in [-0.1, -0.05) is 49.4 Å². The van der Waals surface area contributed by atoms with Gasteiger partial charge < -0.3 is 15.2 Å². The first-order valence-corrected chi connectivity index (χ1v) is 11.5. The number of rotatable bonds is 8. The molecular weight excluding hydrogens is 452 g/mol. The van der Waals surface area contributed by atoms with Crippen molar-refractivity contribution in [1.29, 1.82) is 5.26 Å². The van der Waals surface area contributed by atoms with Crippen LogP contribution in [0.1, 0.15) is 49.9 Å². The minimum atomic E-state index is -1.22. The van der Waals surface area contributed by atoms with Crippen LogP contribution < -0.4 is 5.32 Å². The quantitative estimate of drug-likeness (QED) is 0.427. The number of hydrogen-bond donors (Lipinski definition) is 2. The van der Waals surface area contributed by atoms with Gasteiger partial charge in [0, 0.05) is 10.8 Å². The summed E-state index contributed by atoms with van der Waals surface area (Å²) in [6.07, 6.45) is 0.409. The fourth-order valence-corrected chi connectivity index (χ4v) is 4.55. The lowest BCUT2D eigenvalue weighted by Crippen LogP contribution is -2.24. The molecule has 1 aromatic heterocycles. The number of benzene rings is 2. The van der Waals surface area contributed by atoms with E-state index in [1.54, 1.807) is 26.8 Å². The minimum absolute atomic E-state index is 0.0197. The average molecular weight is 477 g/mol. The topological polar surface area (TPSA) is 116 Å². The van der Waals surface area contributed by atoms with E-state index in [0.29, 0.717) is 16.9 Å². The number of esters is 1. The van der Waals surface area contributed by atoms with Crippen molar-refractivity contribution in [1.82, 2.24) is 0 Å². The number of aromatic carboxylic acids is 1. The highest BCUT2D eigenvalue weighted by molar-refractivity contribution is 7.15. The van der Waals surface area contributed by atoms with Gasteiger partial charge in [0.05, 0.1) is 29.5 Å². The van der Waals surface area contributed by atoms with E-state index in [4.69, 9.17) is 4.74 Å². The van der Waals surface area contributed by atoms with Crippen molar-refractivity contribution in [2.45, 2.75) is 27.2 Å². The first kappa shape index (κ1) is 24.7. The average Bonchev–Trinajstić information content (AvgIpc) is 3.15. The minimum Gasteiger partial charge on any atom is -0.477 e. The van der Waals surface area contributed by atoms with Crippen molar-refractivity contribution in [2.24, 2.45) is 5.92 Å². The zero-order valence-corrected chi connectivity index (χ0v) is 19.9. The summed E-state index contributed by atoms with van der Waals surface area (Å²) in [5.74, 6) is -2.78. The molecule has 2 aromatic carbocycles. The molecule has 2 N–H and O–H groups in total. The lowest BCUT2D eigenvalue weighted by molar-refractivity contribution is -0.119. The number of carbonyl (C=O) groups excluding carboxylic acids is 2. The maximum absolute atomic E-state index is 12.9. The molecule has 0 saturated carbocycles. The van der Waals surface area contributed by atoms with E-state index in [1.165, 1.54) is 0 Å². The Bertz CT molecular complexity index is 1270. The normalized spacial score (nSPS) is 11.4. The third kappa shape index (κ3) is 5.33. The second kappa shape index (κ2) is 10.8. The number of anilines is 1. The van der Waals surface area contributed by atoms with Crippen LogP contribution in [0.3, 0.4) is 0 Å². The molecule has 0 bridgehead atoms. The molecule has 1 atom stereocenters. The molecule has 0 saturated heterocycles. The monoisotopic (exact) mass is 476 g/mol. The summed E-state index contributed by atoms with van der Waals surface area (Å²) in [6, 6.07) is 17.1. The van der Waals surface area contributed by atoms with Crippen LogP contribution in [0.5, 0.6) is 0 Å². The van der Waals surface area contributed by atoms with Crippen LogP contribution >= 0.6 is 11.3 Å². The van der Waals surface area contributed by atoms with Gasteiger partial charge in [0.1, 0.15) is 4.88 Å². The number of carboxylic acid groups (broad SMARTS) is 1. The third-order valence-electron chi connectivity index (χ3n) is 5.31. The van der Waals surface area contributed by atoms with E-state index >= 15 is 0 Å². The lowest BCUT2D eigenvalue weighted by Gasteiger charge is -2.14. The van der Waals surface area contributed by atoms with Crippen molar-refractivity contribution in [3.8, 4) is 17.2 Å². The molecule has 7 nitrogen and oxygen atoms in total. The van der Waals surface area contributed by atoms with Crippen LogP contribution in [-0.2, 0) is 16.0 Å². The molecule has 1 amide bonds. The summed E-state index contributed by atoms with van der Waals surface area (Å²) in [5, 5.41) is 21.5. The van der Waals surface area contributed by atoms with Crippen LogP contribution in [0.4, 0.5) is 5.69 Å². The molecule has 1 unspecified atom stereocenters. The highest BCUT2D eigenvalue weighted by atomic mass is 32.1. The summed E-state index contributed by atoms with van der Waals surface area (Å²) < 4.78 is 5.05. The van der Waals surface area contributed by atoms with Gasteiger partial charge in [-0.15, -0.1) is 11.3 Å². The Balaban J connectivity index is 1.78. The Labute approximate surface area is 201 Å². The molecule has 0 fully saturated rings. The Morgan fingerprint density at radius 3 is 2.44 bits per heavy atom. The first-order valence-electron chi connectivity index (χ1n) is 10.7. The molecule has 0 radical (unpaired) electrons. The standard InChI is InChI=1S/C26H24N2O5S/c1-4-33-26(32)21-16(3)34-23(25(30)31)22(21)28-24(29)15(2)13-17-9-11-18(12-10-17)20-8-6-5-7-19(20)14-27/h5-12,15H,4,13H2,1-3H3,(H,28,29)(H,30,31). The number of carbonyl (C=O) groups is 3. The molecule has 0 spiro atoms. The smallest absolute Gasteiger partial charge is 0.348 e. The molecule has 0 aliphatic heterocycles. The summed E-state index contributed by atoms with van der Waals surface area (Å²) >= 11 is 0.925. The highest BCUT2D eigenvalue weighted by Crippen LogP contribution is 2.34. The van der Waals surface area contributed by atoms with Crippen LogP contribution in [-0.4, -0.2) is 29.6 Å². The van der Waals surface area contributed by atoms with Gasteiger partial charge in [-0.05, 0) is 43.0 Å². The third-order valence-corrected chi connectivity index (χ3v) is 6.40. The number of aryl methyl sites for hydroxylation is 1. The predicted octanol–water partition coefficient (Wildman–Crippen LogP) is 5.29. The van der Waals surface area contributed by atoms with Gasteiger partial charge in [-0.2, -0.15) is 5.26 Å². The molecule has 1 heterocycles. The van der Waals surface area contributed by atoms with Gasteiger partial charge in [0.2, 0.25) is 5.91 Å². The lowest BCUT2D eigenvalue weighted by atomic mass is 9.96. The summed E-state index contributed by atoms with van der Waals surface area (Å²) in [5.41, 5.74) is 3.28. The van der Waals surface area contributed by atoms with E-state index in [9.17, 15) is 24.8 Å². The van der Waals surface area contributed by atoms with Crippen molar-refractivity contribution in [3.63, 3.8) is 0 Å². The molecule has 0 aliphatic rings. The van der Waals surface area contributed by atoms with Crippen molar-refractivity contribution < 1.29 is 24.2 Å². The number of nitrogens with one attached hydrogen (secondary N) is 1. The summed E-state index contributed by atoms with van der Waals surface area (Å²) in [7, 11) is 0. The Hall–Kier alpha value is -3.96. The largest absolute Gasteiger partial charge is 0.477 e. The van der Waals surface area contributed by atoms with Crippen LogP contribution in [0, 0.1) is 24.2 Å². The fourth-order valence-electron chi connectivity index (χ4n) is 3.61. The van der Waals surface area contributed by atoms with Gasteiger partial charge in [-0.25, -0.2) is 9.59 Å². The second-order valence-electron chi connectivity index (χ2n) is 7.71. The number of thiophene rings is 1. The Morgan fingerprint density at radius 1 is 1.15 bits per heavy atom. The molecule has 0 aliphatic carbocycles. The van der Waals surface area contributed by atoms with Gasteiger partial charge in [-0.3, -0.25) is 4.79 Å². The van der Waals surface area contributed by atoms with Crippen molar-refractivity contribution in [3.05, 3.63) is 75.0 Å². The number of amides is 1.